The van der Waals surface area contributed by atoms with Crippen molar-refractivity contribution in [3.63, 3.8) is 0 Å². The predicted octanol–water partition coefficient (Wildman–Crippen LogP) is 3.35. The van der Waals surface area contributed by atoms with E-state index in [-0.39, 0.29) is 17.3 Å². The number of pyridine rings is 1. The zero-order chi connectivity index (χ0) is 22.8. The number of aromatic nitrogens is 3. The lowest BCUT2D eigenvalue weighted by molar-refractivity contribution is 0.562. The molecule has 0 amide bonds. The van der Waals surface area contributed by atoms with Crippen LogP contribution in [0.4, 0.5) is 27.5 Å². The lowest BCUT2D eigenvalue weighted by Gasteiger charge is -2.14. The van der Waals surface area contributed by atoms with Gasteiger partial charge in [-0.2, -0.15) is 0 Å². The molecule has 0 aliphatic rings. The van der Waals surface area contributed by atoms with Crippen molar-refractivity contribution in [1.29, 1.82) is 0 Å². The molecule has 3 aromatic rings. The van der Waals surface area contributed by atoms with E-state index in [1.165, 1.54) is 25.5 Å². The van der Waals surface area contributed by atoms with Crippen LogP contribution in [0.25, 0.3) is 0 Å². The normalized spacial score (nSPS) is 11.9. The number of nitrogens with zero attached hydrogens (tertiary/aromatic N) is 3. The fraction of sp³-hybridized carbons (Fsp3) is 0.167. The molecule has 13 heteroatoms. The van der Waals surface area contributed by atoms with Gasteiger partial charge in [0.25, 0.3) is 0 Å². The standard InChI is InChI=1S/C18H17ClFN5O4S2/c1-3-31(28,29)14-7-13(15(6-12(14)20)30(2,26)27)24-17-8-18(23-10-22-17)25-16-5-4-11(19)9-21-16/h4-10H,3H2,1-2H3,(H2,21,22,23,24,25). The molecular weight excluding hydrogens is 469 g/mol. The van der Waals surface area contributed by atoms with Crippen LogP contribution in [0.5, 0.6) is 0 Å². The van der Waals surface area contributed by atoms with Crippen LogP contribution in [-0.4, -0.2) is 43.8 Å². The van der Waals surface area contributed by atoms with Crippen molar-refractivity contribution in [2.75, 3.05) is 22.6 Å². The Labute approximate surface area is 183 Å². The highest BCUT2D eigenvalue weighted by Crippen LogP contribution is 2.30. The Morgan fingerprint density at radius 1 is 0.935 bits per heavy atom. The van der Waals surface area contributed by atoms with Gasteiger partial charge in [-0.05, 0) is 24.3 Å². The summed E-state index contributed by atoms with van der Waals surface area (Å²) in [5, 5.41) is 6.11. The second-order valence-corrected chi connectivity index (χ2v) is 11.0. The van der Waals surface area contributed by atoms with Crippen LogP contribution in [0.2, 0.25) is 5.02 Å². The van der Waals surface area contributed by atoms with Crippen molar-refractivity contribution >= 4 is 54.4 Å². The molecule has 2 aromatic heterocycles. The summed E-state index contributed by atoms with van der Waals surface area (Å²) in [5.41, 5.74) is -0.134. The summed E-state index contributed by atoms with van der Waals surface area (Å²) in [5.74, 6) is -0.590. The first-order valence-electron chi connectivity index (χ1n) is 8.73. The van der Waals surface area contributed by atoms with E-state index in [4.69, 9.17) is 11.6 Å². The maximum absolute atomic E-state index is 14.4. The predicted molar refractivity (Wildman–Crippen MR) is 115 cm³/mol. The van der Waals surface area contributed by atoms with Crippen molar-refractivity contribution in [1.82, 2.24) is 15.0 Å². The Hall–Kier alpha value is -2.83. The molecule has 0 spiro atoms. The van der Waals surface area contributed by atoms with Crippen LogP contribution < -0.4 is 10.6 Å². The van der Waals surface area contributed by atoms with E-state index >= 15 is 0 Å². The van der Waals surface area contributed by atoms with Crippen molar-refractivity contribution in [3.8, 4) is 0 Å². The maximum atomic E-state index is 14.4. The first kappa shape index (κ1) is 22.8. The van der Waals surface area contributed by atoms with E-state index < -0.39 is 35.3 Å². The lowest BCUT2D eigenvalue weighted by Crippen LogP contribution is -2.11. The van der Waals surface area contributed by atoms with Gasteiger partial charge in [0.1, 0.15) is 34.5 Å². The SMILES string of the molecule is CCS(=O)(=O)c1cc(Nc2cc(Nc3ccc(Cl)cn3)ncn2)c(S(C)(=O)=O)cc1F. The largest absolute Gasteiger partial charge is 0.339 e. The number of hydrogen-bond acceptors (Lipinski definition) is 9. The van der Waals surface area contributed by atoms with Crippen LogP contribution in [0.15, 0.2) is 52.6 Å². The zero-order valence-corrected chi connectivity index (χ0v) is 18.7. The summed E-state index contributed by atoms with van der Waals surface area (Å²) in [6.45, 7) is 1.36. The Bertz CT molecular complexity index is 1330. The van der Waals surface area contributed by atoms with E-state index in [0.29, 0.717) is 22.7 Å². The van der Waals surface area contributed by atoms with Gasteiger partial charge in [-0.3, -0.25) is 0 Å². The second kappa shape index (κ2) is 8.73. The molecule has 9 nitrogen and oxygen atoms in total. The molecule has 2 heterocycles. The van der Waals surface area contributed by atoms with Gasteiger partial charge >= 0.3 is 0 Å². The van der Waals surface area contributed by atoms with Crippen LogP contribution in [-0.2, 0) is 19.7 Å². The van der Waals surface area contributed by atoms with Gasteiger partial charge in [0.15, 0.2) is 19.7 Å². The van der Waals surface area contributed by atoms with Crippen LogP contribution in [0.3, 0.4) is 0 Å². The monoisotopic (exact) mass is 485 g/mol. The van der Waals surface area contributed by atoms with Gasteiger partial charge in [-0.25, -0.2) is 36.2 Å². The average molecular weight is 486 g/mol. The molecule has 0 fully saturated rings. The molecular formula is C18H17ClFN5O4S2. The third kappa shape index (κ3) is 5.46. The minimum absolute atomic E-state index is 0.134. The number of hydrogen-bond donors (Lipinski definition) is 2. The number of benzene rings is 1. The third-order valence-electron chi connectivity index (χ3n) is 4.06. The number of rotatable bonds is 7. The minimum atomic E-state index is -3.93. The van der Waals surface area contributed by atoms with Gasteiger partial charge in [-0.15, -0.1) is 0 Å². The maximum Gasteiger partial charge on any atom is 0.181 e. The van der Waals surface area contributed by atoms with E-state index in [1.807, 2.05) is 0 Å². The fourth-order valence-electron chi connectivity index (χ4n) is 2.55. The molecule has 0 saturated heterocycles. The molecule has 0 aliphatic carbocycles. The minimum Gasteiger partial charge on any atom is -0.339 e. The van der Waals surface area contributed by atoms with Crippen molar-refractivity contribution in [3.05, 3.63) is 53.7 Å². The zero-order valence-electron chi connectivity index (χ0n) is 16.3. The molecule has 164 valence electrons. The Balaban J connectivity index is 2.01. The highest BCUT2D eigenvalue weighted by atomic mass is 35.5. The Morgan fingerprint density at radius 3 is 2.19 bits per heavy atom. The number of anilines is 4. The molecule has 0 atom stereocenters. The quantitative estimate of drug-likeness (QED) is 0.517. The van der Waals surface area contributed by atoms with Crippen LogP contribution in [0.1, 0.15) is 6.92 Å². The van der Waals surface area contributed by atoms with Crippen LogP contribution in [0, 0.1) is 5.82 Å². The summed E-state index contributed by atoms with van der Waals surface area (Å²) in [7, 11) is -7.82. The summed E-state index contributed by atoms with van der Waals surface area (Å²) in [6.07, 6.45) is 3.53. The lowest BCUT2D eigenvalue weighted by atomic mass is 10.3. The molecule has 0 aliphatic heterocycles. The van der Waals surface area contributed by atoms with Crippen LogP contribution >= 0.6 is 11.6 Å². The Morgan fingerprint density at radius 2 is 1.61 bits per heavy atom. The fourth-order valence-corrected chi connectivity index (χ4v) is 4.45. The molecule has 3 rings (SSSR count). The number of halogens is 2. The summed E-state index contributed by atoms with van der Waals surface area (Å²) in [6, 6.07) is 6.32. The molecule has 0 bridgehead atoms. The first-order chi connectivity index (χ1) is 14.5. The molecule has 1 aromatic carbocycles. The summed E-state index contributed by atoms with van der Waals surface area (Å²) in [4.78, 5) is 11.1. The molecule has 0 unspecified atom stereocenters. The third-order valence-corrected chi connectivity index (χ3v) is 7.17. The van der Waals surface area contributed by atoms with Gasteiger partial charge < -0.3 is 10.6 Å². The topological polar surface area (TPSA) is 131 Å². The number of sulfone groups is 2. The smallest absolute Gasteiger partial charge is 0.181 e. The molecule has 0 radical (unpaired) electrons. The summed E-state index contributed by atoms with van der Waals surface area (Å²) < 4.78 is 63.1. The first-order valence-corrected chi connectivity index (χ1v) is 12.7. The van der Waals surface area contributed by atoms with E-state index in [2.05, 4.69) is 25.6 Å². The van der Waals surface area contributed by atoms with Gasteiger partial charge in [0, 0.05) is 18.5 Å². The number of nitrogens with one attached hydrogen (secondary N) is 2. The molecule has 31 heavy (non-hydrogen) atoms. The van der Waals surface area contributed by atoms with Crippen molar-refractivity contribution in [2.24, 2.45) is 0 Å². The average Bonchev–Trinajstić information content (AvgIpc) is 2.70. The van der Waals surface area contributed by atoms with Gasteiger partial charge in [-0.1, -0.05) is 18.5 Å². The Kier molecular flexibility index (Phi) is 6.43. The summed E-state index contributed by atoms with van der Waals surface area (Å²) >= 11 is 5.80. The second-order valence-electron chi connectivity index (χ2n) is 6.35. The highest BCUT2D eigenvalue weighted by molar-refractivity contribution is 7.91. The van der Waals surface area contributed by atoms with Gasteiger partial charge in [0.2, 0.25) is 0 Å². The van der Waals surface area contributed by atoms with Crippen molar-refractivity contribution in [2.45, 2.75) is 16.7 Å². The van der Waals surface area contributed by atoms with E-state index in [9.17, 15) is 21.2 Å². The van der Waals surface area contributed by atoms with E-state index in [1.54, 1.807) is 12.1 Å². The van der Waals surface area contributed by atoms with Crippen molar-refractivity contribution < 1.29 is 21.2 Å². The van der Waals surface area contributed by atoms with Gasteiger partial charge in [0.05, 0.1) is 21.4 Å². The molecule has 0 saturated carbocycles. The molecule has 2 N–H and O–H groups in total. The highest BCUT2D eigenvalue weighted by Gasteiger charge is 2.24. The van der Waals surface area contributed by atoms with E-state index in [0.717, 1.165) is 12.3 Å².